The Morgan fingerprint density at radius 1 is 1.10 bits per heavy atom. The fraction of sp³-hybridized carbons (Fsp3) is 0.0667. The lowest BCUT2D eigenvalue weighted by Crippen LogP contribution is -2.15. The average molecular weight is 290 g/mol. The minimum atomic E-state index is -0.650. The number of esters is 1. The van der Waals surface area contributed by atoms with Crippen molar-refractivity contribution in [3.05, 3.63) is 64.7 Å². The number of carbonyl (C=O) groups is 2. The smallest absolute Gasteiger partial charge is 0.340 e. The number of ketones is 1. The molecule has 4 nitrogen and oxygen atoms in total. The van der Waals surface area contributed by atoms with Gasteiger partial charge >= 0.3 is 5.97 Å². The first-order valence-corrected chi connectivity index (χ1v) is 6.26. The molecule has 0 saturated heterocycles. The van der Waals surface area contributed by atoms with E-state index in [2.05, 4.69) is 0 Å². The first-order valence-electron chi connectivity index (χ1n) is 5.88. The first kappa shape index (κ1) is 14.1. The fourth-order valence-electron chi connectivity index (χ4n) is 1.64. The van der Waals surface area contributed by atoms with Crippen LogP contribution in [0.1, 0.15) is 20.7 Å². The zero-order valence-electron chi connectivity index (χ0n) is 10.5. The van der Waals surface area contributed by atoms with Crippen LogP contribution >= 0.6 is 11.6 Å². The van der Waals surface area contributed by atoms with Gasteiger partial charge in [-0.3, -0.25) is 4.79 Å². The summed E-state index contributed by atoms with van der Waals surface area (Å²) in [4.78, 5) is 23.6. The summed E-state index contributed by atoms with van der Waals surface area (Å²) in [6, 6.07) is 13.1. The summed E-state index contributed by atoms with van der Waals surface area (Å²) in [6.45, 7) is -0.328. The summed E-state index contributed by atoms with van der Waals surface area (Å²) < 4.78 is 4.95. The van der Waals surface area contributed by atoms with Gasteiger partial charge in [0.25, 0.3) is 0 Å². The molecule has 2 aromatic rings. The summed E-state index contributed by atoms with van der Waals surface area (Å²) >= 11 is 5.74. The zero-order chi connectivity index (χ0) is 14.5. The molecule has 0 aliphatic carbocycles. The predicted octanol–water partition coefficient (Wildman–Crippen LogP) is 2.96. The number of Topliss-reactive ketones (excluding diaryl/α,β-unsaturated/α-hetero) is 1. The van der Waals surface area contributed by atoms with Crippen molar-refractivity contribution < 1.29 is 14.3 Å². The Bertz CT molecular complexity index is 641. The molecule has 0 amide bonds. The van der Waals surface area contributed by atoms with Gasteiger partial charge in [0.15, 0.2) is 12.4 Å². The first-order chi connectivity index (χ1) is 9.58. The highest BCUT2D eigenvalue weighted by Gasteiger charge is 2.14. The van der Waals surface area contributed by atoms with Crippen LogP contribution in [0.2, 0.25) is 5.02 Å². The number of carbonyl (C=O) groups excluding carboxylic acids is 2. The molecule has 0 saturated carbocycles. The van der Waals surface area contributed by atoms with Crippen molar-refractivity contribution in [2.75, 3.05) is 12.3 Å². The van der Waals surface area contributed by atoms with E-state index in [0.717, 1.165) is 0 Å². The second-order valence-electron chi connectivity index (χ2n) is 4.10. The molecule has 0 heterocycles. The molecule has 0 aliphatic heterocycles. The topological polar surface area (TPSA) is 69.4 Å². The number of anilines is 1. The average Bonchev–Trinajstić information content (AvgIpc) is 2.45. The van der Waals surface area contributed by atoms with Gasteiger partial charge < -0.3 is 10.5 Å². The molecule has 2 N–H and O–H groups in total. The van der Waals surface area contributed by atoms with Gasteiger partial charge in [0.1, 0.15) is 0 Å². The maximum absolute atomic E-state index is 11.8. The van der Waals surface area contributed by atoms with Crippen molar-refractivity contribution in [3.8, 4) is 0 Å². The highest BCUT2D eigenvalue weighted by atomic mass is 35.5. The number of benzene rings is 2. The second kappa shape index (κ2) is 6.21. The third-order valence-corrected chi connectivity index (χ3v) is 2.90. The number of hydrogen-bond donors (Lipinski definition) is 1. The summed E-state index contributed by atoms with van der Waals surface area (Å²) in [5.74, 6) is -0.921. The maximum atomic E-state index is 11.8. The Balaban J connectivity index is 2.00. The van der Waals surface area contributed by atoms with E-state index in [1.807, 2.05) is 0 Å². The van der Waals surface area contributed by atoms with Crippen LogP contribution in [0.25, 0.3) is 0 Å². The molecule has 0 bridgehead atoms. The van der Waals surface area contributed by atoms with Crippen LogP contribution in [0.5, 0.6) is 0 Å². The molecule has 0 unspecified atom stereocenters. The molecule has 0 aromatic heterocycles. The van der Waals surface area contributed by atoms with Crippen molar-refractivity contribution in [3.63, 3.8) is 0 Å². The molecule has 2 aromatic carbocycles. The van der Waals surface area contributed by atoms with Gasteiger partial charge in [0.05, 0.1) is 5.56 Å². The summed E-state index contributed by atoms with van der Waals surface area (Å²) in [6.07, 6.45) is 0. The Labute approximate surface area is 121 Å². The zero-order valence-corrected chi connectivity index (χ0v) is 11.3. The molecular weight excluding hydrogens is 278 g/mol. The SMILES string of the molecule is Nc1cc(Cl)ccc1C(=O)OCC(=O)c1ccccc1. The highest BCUT2D eigenvalue weighted by Crippen LogP contribution is 2.18. The quantitative estimate of drug-likeness (QED) is 0.534. The van der Waals surface area contributed by atoms with Gasteiger partial charge in [-0.2, -0.15) is 0 Å². The molecule has 20 heavy (non-hydrogen) atoms. The van der Waals surface area contributed by atoms with Gasteiger partial charge in [-0.25, -0.2) is 4.79 Å². The van der Waals surface area contributed by atoms with Crippen LogP contribution in [0, 0.1) is 0 Å². The third-order valence-electron chi connectivity index (χ3n) is 2.66. The van der Waals surface area contributed by atoms with Gasteiger partial charge in [-0.05, 0) is 18.2 Å². The summed E-state index contributed by atoms with van der Waals surface area (Å²) in [7, 11) is 0. The number of ether oxygens (including phenoxy) is 1. The molecule has 102 valence electrons. The van der Waals surface area contributed by atoms with Crippen LogP contribution in [0.3, 0.4) is 0 Å². The number of halogens is 1. The Morgan fingerprint density at radius 2 is 1.80 bits per heavy atom. The van der Waals surface area contributed by atoms with E-state index in [4.69, 9.17) is 22.1 Å². The number of rotatable bonds is 4. The predicted molar refractivity (Wildman–Crippen MR) is 76.9 cm³/mol. The van der Waals surface area contributed by atoms with E-state index in [1.54, 1.807) is 30.3 Å². The Hall–Kier alpha value is -2.33. The number of hydrogen-bond acceptors (Lipinski definition) is 4. The molecule has 0 fully saturated rings. The van der Waals surface area contributed by atoms with E-state index in [0.29, 0.717) is 10.6 Å². The fourth-order valence-corrected chi connectivity index (χ4v) is 1.82. The molecule has 0 atom stereocenters. The van der Waals surface area contributed by atoms with Crippen molar-refractivity contribution in [1.29, 1.82) is 0 Å². The lowest BCUT2D eigenvalue weighted by Gasteiger charge is -2.06. The van der Waals surface area contributed by atoms with Gasteiger partial charge in [0, 0.05) is 16.3 Å². The third kappa shape index (κ3) is 3.36. The molecule has 0 radical (unpaired) electrons. The van der Waals surface area contributed by atoms with E-state index in [-0.39, 0.29) is 23.6 Å². The van der Waals surface area contributed by atoms with Crippen molar-refractivity contribution in [2.45, 2.75) is 0 Å². The van der Waals surface area contributed by atoms with Crippen LogP contribution in [0.4, 0.5) is 5.69 Å². The highest BCUT2D eigenvalue weighted by molar-refractivity contribution is 6.31. The van der Waals surface area contributed by atoms with E-state index in [1.165, 1.54) is 18.2 Å². The van der Waals surface area contributed by atoms with Gasteiger partial charge in [-0.15, -0.1) is 0 Å². The van der Waals surface area contributed by atoms with Crippen molar-refractivity contribution >= 4 is 29.0 Å². The van der Waals surface area contributed by atoms with Crippen LogP contribution in [-0.4, -0.2) is 18.4 Å². The molecule has 5 heteroatoms. The lowest BCUT2D eigenvalue weighted by molar-refractivity contribution is 0.0476. The Morgan fingerprint density at radius 3 is 2.45 bits per heavy atom. The van der Waals surface area contributed by atoms with E-state index in [9.17, 15) is 9.59 Å². The normalized spacial score (nSPS) is 10.1. The molecule has 0 spiro atoms. The second-order valence-corrected chi connectivity index (χ2v) is 4.53. The van der Waals surface area contributed by atoms with Crippen LogP contribution < -0.4 is 5.73 Å². The van der Waals surface area contributed by atoms with E-state index >= 15 is 0 Å². The number of nitrogen functional groups attached to an aromatic ring is 1. The Kier molecular flexibility index (Phi) is 4.38. The minimum absolute atomic E-state index is 0.190. The minimum Gasteiger partial charge on any atom is -0.454 e. The number of nitrogens with two attached hydrogens (primary N) is 1. The maximum Gasteiger partial charge on any atom is 0.340 e. The largest absolute Gasteiger partial charge is 0.454 e. The van der Waals surface area contributed by atoms with Crippen LogP contribution in [-0.2, 0) is 4.74 Å². The molecular formula is C15H12ClNO3. The molecule has 2 rings (SSSR count). The van der Waals surface area contributed by atoms with Gasteiger partial charge in [0.2, 0.25) is 0 Å². The summed E-state index contributed by atoms with van der Waals surface area (Å²) in [5, 5.41) is 0.430. The van der Waals surface area contributed by atoms with Crippen LogP contribution in [0.15, 0.2) is 48.5 Å². The lowest BCUT2D eigenvalue weighted by atomic mass is 10.1. The van der Waals surface area contributed by atoms with Crippen molar-refractivity contribution in [2.24, 2.45) is 0 Å². The van der Waals surface area contributed by atoms with Crippen molar-refractivity contribution in [1.82, 2.24) is 0 Å². The standard InChI is InChI=1S/C15H12ClNO3/c16-11-6-7-12(13(17)8-11)15(19)20-9-14(18)10-4-2-1-3-5-10/h1-8H,9,17H2. The van der Waals surface area contributed by atoms with Gasteiger partial charge in [-0.1, -0.05) is 41.9 Å². The summed E-state index contributed by atoms with van der Waals surface area (Å²) in [5.41, 5.74) is 6.57. The van der Waals surface area contributed by atoms with E-state index < -0.39 is 5.97 Å². The monoisotopic (exact) mass is 289 g/mol. The molecule has 0 aliphatic rings.